The molecule has 2 N–H and O–H groups in total. The zero-order chi connectivity index (χ0) is 16.1. The molecule has 3 aromatic carbocycles. The number of rotatable bonds is 5. The smallest absolute Gasteiger partial charge is 0.224 e. The number of fused-ring (bicyclic) bond motifs is 1. The molecule has 0 heterocycles. The minimum Gasteiger partial charge on any atom is -0.394 e. The molecule has 0 aliphatic carbocycles. The predicted molar refractivity (Wildman–Crippen MR) is 92.1 cm³/mol. The Hall–Kier alpha value is -2.65. The number of carbonyl (C=O) groups excluding carboxylic acids is 1. The fourth-order valence-electron chi connectivity index (χ4n) is 2.69. The molecule has 1 amide bonds. The highest BCUT2D eigenvalue weighted by Gasteiger charge is 2.14. The molecular formula is C20H19NO2. The first-order chi connectivity index (χ1) is 11.3. The monoisotopic (exact) mass is 305 g/mol. The molecule has 0 fully saturated rings. The molecule has 0 aromatic heterocycles. The number of benzene rings is 3. The Morgan fingerprint density at radius 1 is 0.913 bits per heavy atom. The van der Waals surface area contributed by atoms with Gasteiger partial charge in [-0.3, -0.25) is 4.79 Å². The quantitative estimate of drug-likeness (QED) is 0.760. The van der Waals surface area contributed by atoms with Gasteiger partial charge in [-0.1, -0.05) is 66.7 Å². The van der Waals surface area contributed by atoms with Gasteiger partial charge in [0.15, 0.2) is 0 Å². The summed E-state index contributed by atoms with van der Waals surface area (Å²) in [4.78, 5) is 12.2. The highest BCUT2D eigenvalue weighted by Crippen LogP contribution is 2.20. The SMILES string of the molecule is O=C(Cc1ccccc1)NC(CO)c1ccc2ccccc2c1. The van der Waals surface area contributed by atoms with Crippen molar-refractivity contribution in [2.75, 3.05) is 6.61 Å². The van der Waals surface area contributed by atoms with Crippen molar-refractivity contribution in [2.45, 2.75) is 12.5 Å². The molecule has 1 unspecified atom stereocenters. The lowest BCUT2D eigenvalue weighted by Crippen LogP contribution is -2.31. The third kappa shape index (κ3) is 3.76. The summed E-state index contributed by atoms with van der Waals surface area (Å²) in [5.74, 6) is -0.0941. The summed E-state index contributed by atoms with van der Waals surface area (Å²) in [6.45, 7) is -0.126. The Balaban J connectivity index is 1.74. The van der Waals surface area contributed by atoms with E-state index in [-0.39, 0.29) is 12.5 Å². The van der Waals surface area contributed by atoms with Crippen LogP contribution in [0.15, 0.2) is 72.8 Å². The van der Waals surface area contributed by atoms with Crippen molar-refractivity contribution in [1.82, 2.24) is 5.32 Å². The van der Waals surface area contributed by atoms with E-state index in [1.807, 2.05) is 72.8 Å². The first kappa shape index (κ1) is 15.3. The topological polar surface area (TPSA) is 49.3 Å². The third-order valence-corrected chi connectivity index (χ3v) is 3.90. The van der Waals surface area contributed by atoms with E-state index in [9.17, 15) is 9.90 Å². The number of aliphatic hydroxyl groups is 1. The van der Waals surface area contributed by atoms with Gasteiger partial charge in [0.05, 0.1) is 19.1 Å². The van der Waals surface area contributed by atoms with E-state index in [0.717, 1.165) is 21.9 Å². The molecule has 0 saturated carbocycles. The predicted octanol–water partition coefficient (Wildman–Crippen LogP) is 3.23. The minimum atomic E-state index is -0.393. The molecule has 23 heavy (non-hydrogen) atoms. The molecule has 0 bridgehead atoms. The van der Waals surface area contributed by atoms with Gasteiger partial charge >= 0.3 is 0 Å². The van der Waals surface area contributed by atoms with Gasteiger partial charge < -0.3 is 10.4 Å². The minimum absolute atomic E-state index is 0.0941. The van der Waals surface area contributed by atoms with Gasteiger partial charge in [0.25, 0.3) is 0 Å². The van der Waals surface area contributed by atoms with Crippen LogP contribution in [-0.4, -0.2) is 17.6 Å². The number of carbonyl (C=O) groups is 1. The van der Waals surface area contributed by atoms with Gasteiger partial charge in [0.2, 0.25) is 5.91 Å². The maximum Gasteiger partial charge on any atom is 0.224 e. The molecule has 3 rings (SSSR count). The number of hydrogen-bond acceptors (Lipinski definition) is 2. The lowest BCUT2D eigenvalue weighted by Gasteiger charge is -2.17. The average molecular weight is 305 g/mol. The van der Waals surface area contributed by atoms with Gasteiger partial charge in [-0.25, -0.2) is 0 Å². The molecule has 3 aromatic rings. The highest BCUT2D eigenvalue weighted by molar-refractivity contribution is 5.83. The summed E-state index contributed by atoms with van der Waals surface area (Å²) in [5, 5.41) is 14.8. The maximum absolute atomic E-state index is 12.2. The standard InChI is InChI=1S/C20H19NO2/c22-14-19(21-20(23)12-15-6-2-1-3-7-15)18-11-10-16-8-4-5-9-17(16)13-18/h1-11,13,19,22H,12,14H2,(H,21,23). The largest absolute Gasteiger partial charge is 0.394 e. The Morgan fingerprint density at radius 2 is 1.61 bits per heavy atom. The zero-order valence-electron chi connectivity index (χ0n) is 12.8. The first-order valence-corrected chi connectivity index (χ1v) is 7.69. The van der Waals surface area contributed by atoms with Crippen LogP contribution in [0.2, 0.25) is 0 Å². The van der Waals surface area contributed by atoms with Crippen molar-refractivity contribution < 1.29 is 9.90 Å². The van der Waals surface area contributed by atoms with Crippen molar-refractivity contribution in [1.29, 1.82) is 0 Å². The van der Waals surface area contributed by atoms with Crippen molar-refractivity contribution in [3.63, 3.8) is 0 Å². The van der Waals surface area contributed by atoms with Gasteiger partial charge in [0, 0.05) is 0 Å². The van der Waals surface area contributed by atoms with E-state index in [4.69, 9.17) is 0 Å². The normalized spacial score (nSPS) is 12.0. The number of hydrogen-bond donors (Lipinski definition) is 2. The molecule has 0 saturated heterocycles. The van der Waals surface area contributed by atoms with Crippen LogP contribution in [0.3, 0.4) is 0 Å². The van der Waals surface area contributed by atoms with Gasteiger partial charge in [-0.05, 0) is 28.0 Å². The van der Waals surface area contributed by atoms with Crippen LogP contribution in [-0.2, 0) is 11.2 Å². The molecule has 0 aliphatic rings. The fourth-order valence-corrected chi connectivity index (χ4v) is 2.69. The Morgan fingerprint density at radius 3 is 2.35 bits per heavy atom. The number of aliphatic hydroxyl groups excluding tert-OH is 1. The van der Waals surface area contributed by atoms with Crippen LogP contribution in [0.4, 0.5) is 0 Å². The summed E-state index contributed by atoms with van der Waals surface area (Å²) in [7, 11) is 0. The maximum atomic E-state index is 12.2. The molecule has 0 radical (unpaired) electrons. The Labute approximate surface area is 135 Å². The number of nitrogens with one attached hydrogen (secondary N) is 1. The van der Waals surface area contributed by atoms with E-state index < -0.39 is 6.04 Å². The summed E-state index contributed by atoms with van der Waals surface area (Å²) in [5.41, 5.74) is 1.87. The third-order valence-electron chi connectivity index (χ3n) is 3.90. The van der Waals surface area contributed by atoms with Crippen LogP contribution < -0.4 is 5.32 Å². The average Bonchev–Trinajstić information content (AvgIpc) is 2.60. The molecular weight excluding hydrogens is 286 g/mol. The summed E-state index contributed by atoms with van der Waals surface area (Å²) >= 11 is 0. The second-order valence-electron chi connectivity index (χ2n) is 5.57. The lowest BCUT2D eigenvalue weighted by atomic mass is 10.0. The molecule has 116 valence electrons. The molecule has 0 aliphatic heterocycles. The van der Waals surface area contributed by atoms with E-state index in [2.05, 4.69) is 5.32 Å². The second-order valence-corrected chi connectivity index (χ2v) is 5.57. The van der Waals surface area contributed by atoms with Gasteiger partial charge in [-0.15, -0.1) is 0 Å². The van der Waals surface area contributed by atoms with Crippen LogP contribution in [0, 0.1) is 0 Å². The lowest BCUT2D eigenvalue weighted by molar-refractivity contribution is -0.121. The summed E-state index contributed by atoms with van der Waals surface area (Å²) < 4.78 is 0. The summed E-state index contributed by atoms with van der Waals surface area (Å²) in [6, 6.07) is 23.2. The second kappa shape index (κ2) is 7.07. The molecule has 0 spiro atoms. The first-order valence-electron chi connectivity index (χ1n) is 7.69. The molecule has 1 atom stereocenters. The molecule has 3 heteroatoms. The van der Waals surface area contributed by atoms with Crippen LogP contribution in [0.25, 0.3) is 10.8 Å². The Bertz CT molecular complexity index is 799. The van der Waals surface area contributed by atoms with E-state index in [1.165, 1.54) is 0 Å². The van der Waals surface area contributed by atoms with Crippen LogP contribution in [0.5, 0.6) is 0 Å². The van der Waals surface area contributed by atoms with E-state index >= 15 is 0 Å². The molecule has 3 nitrogen and oxygen atoms in total. The van der Waals surface area contributed by atoms with E-state index in [0.29, 0.717) is 6.42 Å². The van der Waals surface area contributed by atoms with Gasteiger partial charge in [0.1, 0.15) is 0 Å². The van der Waals surface area contributed by atoms with Crippen LogP contribution in [0.1, 0.15) is 17.2 Å². The highest BCUT2D eigenvalue weighted by atomic mass is 16.3. The van der Waals surface area contributed by atoms with Crippen LogP contribution >= 0.6 is 0 Å². The van der Waals surface area contributed by atoms with Crippen molar-refractivity contribution >= 4 is 16.7 Å². The van der Waals surface area contributed by atoms with E-state index in [1.54, 1.807) is 0 Å². The summed E-state index contributed by atoms with van der Waals surface area (Å²) in [6.07, 6.45) is 0.310. The van der Waals surface area contributed by atoms with Crippen molar-refractivity contribution in [3.05, 3.63) is 83.9 Å². The van der Waals surface area contributed by atoms with Crippen molar-refractivity contribution in [2.24, 2.45) is 0 Å². The number of amides is 1. The zero-order valence-corrected chi connectivity index (χ0v) is 12.8. The van der Waals surface area contributed by atoms with Gasteiger partial charge in [-0.2, -0.15) is 0 Å². The van der Waals surface area contributed by atoms with Crippen molar-refractivity contribution in [3.8, 4) is 0 Å². The fraction of sp³-hybridized carbons (Fsp3) is 0.150. The Kier molecular flexibility index (Phi) is 4.69.